The summed E-state index contributed by atoms with van der Waals surface area (Å²) in [6, 6.07) is 0.290. The number of nitrogens with zero attached hydrogens (tertiary/aromatic N) is 1. The number of piperazine rings is 1. The zero-order valence-electron chi connectivity index (χ0n) is 12.1. The summed E-state index contributed by atoms with van der Waals surface area (Å²) in [4.78, 5) is 14.1. The van der Waals surface area contributed by atoms with Crippen LogP contribution in [0.4, 0.5) is 0 Å². The van der Waals surface area contributed by atoms with E-state index >= 15 is 0 Å². The van der Waals surface area contributed by atoms with Crippen LogP contribution in [0.15, 0.2) is 0 Å². The summed E-state index contributed by atoms with van der Waals surface area (Å²) in [6.45, 7) is 7.19. The predicted octanol–water partition coefficient (Wildman–Crippen LogP) is 1.82. The maximum Gasteiger partial charge on any atom is 0.248 e. The summed E-state index contributed by atoms with van der Waals surface area (Å²) >= 11 is 0. The van der Waals surface area contributed by atoms with Crippen molar-refractivity contribution in [1.29, 1.82) is 0 Å². The first-order valence-electron chi connectivity index (χ1n) is 7.30. The first-order valence-corrected chi connectivity index (χ1v) is 7.30. The molecule has 1 N–H and O–H groups in total. The molecule has 0 aromatic carbocycles. The Balaban J connectivity index is 0.00000180. The fourth-order valence-electron chi connectivity index (χ4n) is 3.00. The molecule has 1 saturated heterocycles. The van der Waals surface area contributed by atoms with Gasteiger partial charge < -0.3 is 15.0 Å². The van der Waals surface area contributed by atoms with Crippen molar-refractivity contribution in [1.82, 2.24) is 10.2 Å². The van der Waals surface area contributed by atoms with Gasteiger partial charge in [0.25, 0.3) is 0 Å². The molecule has 0 aromatic rings. The molecular weight excluding hydrogens is 264 g/mol. The highest BCUT2D eigenvalue weighted by atomic mass is 35.5. The minimum atomic E-state index is 0. The second-order valence-electron chi connectivity index (χ2n) is 5.75. The average molecular weight is 291 g/mol. The fraction of sp³-hybridized carbons (Fsp3) is 0.929. The Hall–Kier alpha value is -0.320. The van der Waals surface area contributed by atoms with E-state index in [1.54, 1.807) is 0 Å². The van der Waals surface area contributed by atoms with Gasteiger partial charge in [0.05, 0.1) is 6.10 Å². The molecule has 2 rings (SSSR count). The summed E-state index contributed by atoms with van der Waals surface area (Å²) in [5.74, 6) is 0.758. The van der Waals surface area contributed by atoms with Crippen LogP contribution in [0, 0.1) is 5.92 Å². The summed E-state index contributed by atoms with van der Waals surface area (Å²) < 4.78 is 5.85. The molecule has 0 bridgehead atoms. The van der Waals surface area contributed by atoms with E-state index in [4.69, 9.17) is 4.74 Å². The van der Waals surface area contributed by atoms with Crippen LogP contribution in [0.5, 0.6) is 0 Å². The van der Waals surface area contributed by atoms with Gasteiger partial charge >= 0.3 is 0 Å². The van der Waals surface area contributed by atoms with E-state index in [1.165, 1.54) is 19.3 Å². The number of ether oxygens (including phenoxy) is 1. The molecule has 1 amide bonds. The van der Waals surface area contributed by atoms with Gasteiger partial charge in [-0.25, -0.2) is 0 Å². The van der Waals surface area contributed by atoms with Crippen molar-refractivity contribution < 1.29 is 9.53 Å². The SMILES string of the molecule is CC1CCCCC1OCC(=O)N1CCNC[C@@H]1C.Cl. The molecule has 0 aromatic heterocycles. The van der Waals surface area contributed by atoms with Crippen molar-refractivity contribution in [2.75, 3.05) is 26.2 Å². The fourth-order valence-corrected chi connectivity index (χ4v) is 3.00. The van der Waals surface area contributed by atoms with Crippen molar-refractivity contribution in [2.24, 2.45) is 5.92 Å². The summed E-state index contributed by atoms with van der Waals surface area (Å²) in [7, 11) is 0. The highest BCUT2D eigenvalue weighted by Gasteiger charge is 2.26. The zero-order chi connectivity index (χ0) is 13.0. The van der Waals surface area contributed by atoms with Crippen molar-refractivity contribution in [3.05, 3.63) is 0 Å². The Kier molecular flexibility index (Phi) is 7.11. The summed E-state index contributed by atoms with van der Waals surface area (Å²) in [5.41, 5.74) is 0. The van der Waals surface area contributed by atoms with Crippen LogP contribution in [0.1, 0.15) is 39.5 Å². The van der Waals surface area contributed by atoms with E-state index in [2.05, 4.69) is 19.2 Å². The van der Waals surface area contributed by atoms with Crippen LogP contribution in [0.3, 0.4) is 0 Å². The topological polar surface area (TPSA) is 41.6 Å². The monoisotopic (exact) mass is 290 g/mol. The van der Waals surface area contributed by atoms with E-state index in [0.29, 0.717) is 18.1 Å². The molecule has 19 heavy (non-hydrogen) atoms. The third-order valence-electron chi connectivity index (χ3n) is 4.28. The smallest absolute Gasteiger partial charge is 0.248 e. The van der Waals surface area contributed by atoms with Crippen LogP contribution in [0.25, 0.3) is 0 Å². The van der Waals surface area contributed by atoms with Crippen molar-refractivity contribution in [3.63, 3.8) is 0 Å². The molecular formula is C14H27ClN2O2. The Bertz CT molecular complexity index is 289. The van der Waals surface area contributed by atoms with E-state index in [-0.39, 0.29) is 24.9 Å². The van der Waals surface area contributed by atoms with Gasteiger partial charge in [0.1, 0.15) is 6.61 Å². The Labute approximate surface area is 122 Å². The number of rotatable bonds is 3. The van der Waals surface area contributed by atoms with E-state index in [0.717, 1.165) is 26.1 Å². The maximum absolute atomic E-state index is 12.1. The van der Waals surface area contributed by atoms with Gasteiger partial charge in [-0.15, -0.1) is 12.4 Å². The van der Waals surface area contributed by atoms with E-state index < -0.39 is 0 Å². The first kappa shape index (κ1) is 16.7. The van der Waals surface area contributed by atoms with Gasteiger partial charge in [-0.2, -0.15) is 0 Å². The van der Waals surface area contributed by atoms with Crippen molar-refractivity contribution in [2.45, 2.75) is 51.7 Å². The molecule has 2 aliphatic rings. The predicted molar refractivity (Wildman–Crippen MR) is 78.7 cm³/mol. The van der Waals surface area contributed by atoms with E-state index in [1.807, 2.05) is 4.90 Å². The zero-order valence-corrected chi connectivity index (χ0v) is 12.9. The Morgan fingerprint density at radius 1 is 1.32 bits per heavy atom. The molecule has 1 saturated carbocycles. The van der Waals surface area contributed by atoms with Gasteiger partial charge in [0, 0.05) is 25.7 Å². The summed E-state index contributed by atoms with van der Waals surface area (Å²) in [5, 5.41) is 3.30. The number of amides is 1. The molecule has 0 radical (unpaired) electrons. The third kappa shape index (κ3) is 4.62. The van der Waals surface area contributed by atoms with E-state index in [9.17, 15) is 4.79 Å². The molecule has 2 fully saturated rings. The van der Waals surface area contributed by atoms with Crippen LogP contribution < -0.4 is 5.32 Å². The number of nitrogens with one attached hydrogen (secondary N) is 1. The lowest BCUT2D eigenvalue weighted by molar-refractivity contribution is -0.142. The van der Waals surface area contributed by atoms with Crippen LogP contribution >= 0.6 is 12.4 Å². The van der Waals surface area contributed by atoms with Crippen LogP contribution in [0.2, 0.25) is 0 Å². The molecule has 112 valence electrons. The highest BCUT2D eigenvalue weighted by molar-refractivity contribution is 5.85. The second kappa shape index (κ2) is 8.08. The minimum absolute atomic E-state index is 0. The quantitative estimate of drug-likeness (QED) is 0.862. The number of hydrogen-bond donors (Lipinski definition) is 1. The third-order valence-corrected chi connectivity index (χ3v) is 4.28. The van der Waals surface area contributed by atoms with Crippen molar-refractivity contribution >= 4 is 18.3 Å². The van der Waals surface area contributed by atoms with Gasteiger partial charge in [-0.1, -0.05) is 19.8 Å². The Morgan fingerprint density at radius 3 is 2.74 bits per heavy atom. The van der Waals surface area contributed by atoms with Crippen LogP contribution in [-0.2, 0) is 9.53 Å². The minimum Gasteiger partial charge on any atom is -0.368 e. The second-order valence-corrected chi connectivity index (χ2v) is 5.75. The lowest BCUT2D eigenvalue weighted by atomic mass is 9.88. The number of carbonyl (C=O) groups is 1. The molecule has 5 heteroatoms. The standard InChI is InChI=1S/C14H26N2O2.ClH/c1-11-5-3-4-6-13(11)18-10-14(17)16-8-7-15-9-12(16)2;/h11-13,15H,3-10H2,1-2H3;1H/t11?,12-,13?;/m0./s1. The highest BCUT2D eigenvalue weighted by Crippen LogP contribution is 2.26. The molecule has 2 unspecified atom stereocenters. The number of halogens is 1. The number of hydrogen-bond acceptors (Lipinski definition) is 3. The molecule has 1 heterocycles. The van der Waals surface area contributed by atoms with Gasteiger partial charge in [0.15, 0.2) is 0 Å². The Morgan fingerprint density at radius 2 is 2.05 bits per heavy atom. The maximum atomic E-state index is 12.1. The molecule has 4 nitrogen and oxygen atoms in total. The first-order chi connectivity index (χ1) is 8.68. The van der Waals surface area contributed by atoms with Gasteiger partial charge in [0.2, 0.25) is 5.91 Å². The average Bonchev–Trinajstić information content (AvgIpc) is 2.38. The summed E-state index contributed by atoms with van der Waals surface area (Å²) in [6.07, 6.45) is 5.20. The molecule has 0 spiro atoms. The normalized spacial score (nSPS) is 31.7. The van der Waals surface area contributed by atoms with Crippen LogP contribution in [-0.4, -0.2) is 49.2 Å². The molecule has 1 aliphatic carbocycles. The van der Waals surface area contributed by atoms with Gasteiger partial charge in [-0.3, -0.25) is 4.79 Å². The molecule has 1 aliphatic heterocycles. The lowest BCUT2D eigenvalue weighted by Crippen LogP contribution is -2.53. The largest absolute Gasteiger partial charge is 0.368 e. The number of carbonyl (C=O) groups excluding carboxylic acids is 1. The lowest BCUT2D eigenvalue weighted by Gasteiger charge is -2.35. The molecule has 3 atom stereocenters. The van der Waals surface area contributed by atoms with Gasteiger partial charge in [-0.05, 0) is 25.7 Å². The van der Waals surface area contributed by atoms with Crippen molar-refractivity contribution in [3.8, 4) is 0 Å².